The Bertz CT molecular complexity index is 180. The largest absolute Gasteiger partial charge is 0.364 e. The van der Waals surface area contributed by atoms with Gasteiger partial charge >= 0.3 is 0 Å². The highest BCUT2D eigenvalue weighted by Crippen LogP contribution is 1.89. The molecule has 0 radical (unpaired) electrons. The van der Waals surface area contributed by atoms with Gasteiger partial charge in [-0.25, -0.2) is 0 Å². The molecule has 4 heteroatoms. The van der Waals surface area contributed by atoms with Crippen LogP contribution in [0.2, 0.25) is 0 Å². The van der Waals surface area contributed by atoms with E-state index < -0.39 is 5.91 Å². The van der Waals surface area contributed by atoms with Crippen LogP contribution in [-0.4, -0.2) is 11.1 Å². The molecule has 0 atom stereocenters. The van der Waals surface area contributed by atoms with E-state index in [1.165, 1.54) is 12.3 Å². The van der Waals surface area contributed by atoms with Crippen LogP contribution in [-0.2, 0) is 0 Å². The minimum Gasteiger partial charge on any atom is -0.364 e. The van der Waals surface area contributed by atoms with Gasteiger partial charge in [-0.3, -0.25) is 4.79 Å². The van der Waals surface area contributed by atoms with Crippen LogP contribution in [0, 0.1) is 0 Å². The molecule has 0 saturated carbocycles. The van der Waals surface area contributed by atoms with E-state index in [4.69, 9.17) is 5.73 Å². The van der Waals surface area contributed by atoms with Gasteiger partial charge in [0.15, 0.2) is 5.69 Å². The van der Waals surface area contributed by atoms with Crippen LogP contribution in [0.25, 0.3) is 0 Å². The van der Waals surface area contributed by atoms with E-state index in [0.717, 1.165) is 0 Å². The first kappa shape index (κ1) is 4.83. The maximum atomic E-state index is 10.2. The summed E-state index contributed by atoms with van der Waals surface area (Å²) in [4.78, 5) is 10.2. The molecule has 2 N–H and O–H groups in total. The van der Waals surface area contributed by atoms with Crippen molar-refractivity contribution in [3.63, 3.8) is 0 Å². The van der Waals surface area contributed by atoms with E-state index in [-0.39, 0.29) is 5.69 Å². The number of amides is 1. The molecule has 1 aromatic heterocycles. The van der Waals surface area contributed by atoms with E-state index >= 15 is 0 Å². The molecule has 0 aliphatic rings. The van der Waals surface area contributed by atoms with Crippen LogP contribution in [0.4, 0.5) is 0 Å². The molecule has 0 aliphatic heterocycles. The van der Waals surface area contributed by atoms with E-state index in [0.29, 0.717) is 0 Å². The monoisotopic (exact) mass is 112 g/mol. The van der Waals surface area contributed by atoms with Gasteiger partial charge in [0.25, 0.3) is 5.91 Å². The van der Waals surface area contributed by atoms with Gasteiger partial charge in [0.1, 0.15) is 6.26 Å². The Morgan fingerprint density at radius 2 is 2.62 bits per heavy atom. The van der Waals surface area contributed by atoms with Crippen LogP contribution in [0.1, 0.15) is 10.5 Å². The van der Waals surface area contributed by atoms with E-state index in [1.54, 1.807) is 0 Å². The molecule has 0 saturated heterocycles. The SMILES string of the molecule is NC(=O)c1ccon1. The summed E-state index contributed by atoms with van der Waals surface area (Å²) in [5.74, 6) is -0.571. The average Bonchev–Trinajstić information content (AvgIpc) is 2.12. The van der Waals surface area contributed by atoms with E-state index in [9.17, 15) is 4.79 Å². The first-order valence-electron chi connectivity index (χ1n) is 2.01. The smallest absolute Gasteiger partial charge is 0.270 e. The lowest BCUT2D eigenvalue weighted by Crippen LogP contribution is -2.10. The van der Waals surface area contributed by atoms with Crippen LogP contribution in [0.15, 0.2) is 16.9 Å². The van der Waals surface area contributed by atoms with Gasteiger partial charge in [-0.05, 0) is 0 Å². The van der Waals surface area contributed by atoms with Crippen molar-refractivity contribution in [1.82, 2.24) is 5.16 Å². The predicted molar refractivity (Wildman–Crippen MR) is 25.0 cm³/mol. The van der Waals surface area contributed by atoms with Crippen LogP contribution >= 0.6 is 0 Å². The molecule has 1 heterocycles. The molecule has 8 heavy (non-hydrogen) atoms. The summed E-state index contributed by atoms with van der Waals surface area (Å²) in [6, 6.07) is 1.41. The number of nitrogens with zero attached hydrogens (tertiary/aromatic N) is 1. The Hall–Kier alpha value is -1.32. The van der Waals surface area contributed by atoms with Crippen LogP contribution in [0.3, 0.4) is 0 Å². The number of aromatic nitrogens is 1. The predicted octanol–water partition coefficient (Wildman–Crippen LogP) is -0.227. The van der Waals surface area contributed by atoms with Crippen molar-refractivity contribution in [3.05, 3.63) is 18.0 Å². The molecular weight excluding hydrogens is 108 g/mol. The zero-order valence-corrected chi connectivity index (χ0v) is 4.00. The third kappa shape index (κ3) is 0.676. The molecule has 4 nitrogen and oxygen atoms in total. The van der Waals surface area contributed by atoms with Crippen molar-refractivity contribution in [2.45, 2.75) is 0 Å². The Morgan fingerprint density at radius 3 is 2.88 bits per heavy atom. The highest BCUT2D eigenvalue weighted by molar-refractivity contribution is 5.90. The lowest BCUT2D eigenvalue weighted by molar-refractivity contribution is 0.0991. The second-order valence-corrected chi connectivity index (χ2v) is 1.25. The van der Waals surface area contributed by atoms with Gasteiger partial charge in [0.05, 0.1) is 0 Å². The third-order valence-electron chi connectivity index (χ3n) is 0.690. The number of carbonyl (C=O) groups excluding carboxylic acids is 1. The van der Waals surface area contributed by atoms with Crippen LogP contribution < -0.4 is 5.73 Å². The molecule has 0 aromatic carbocycles. The number of hydrogen-bond acceptors (Lipinski definition) is 3. The van der Waals surface area contributed by atoms with Crippen molar-refractivity contribution >= 4 is 5.91 Å². The van der Waals surface area contributed by atoms with Gasteiger partial charge in [-0.15, -0.1) is 0 Å². The maximum Gasteiger partial charge on any atom is 0.270 e. The standard InChI is InChI=1S/C4H4N2O2/c5-4(7)3-1-2-8-6-3/h1-2H,(H2,5,7). The van der Waals surface area contributed by atoms with Crippen molar-refractivity contribution in [2.75, 3.05) is 0 Å². The number of primary amides is 1. The van der Waals surface area contributed by atoms with Gasteiger partial charge in [0.2, 0.25) is 0 Å². The average molecular weight is 112 g/mol. The zero-order chi connectivity index (χ0) is 5.98. The number of rotatable bonds is 1. The molecule has 1 amide bonds. The number of nitrogens with two attached hydrogens (primary N) is 1. The van der Waals surface area contributed by atoms with E-state index in [2.05, 4.69) is 9.68 Å². The Balaban J connectivity index is 2.93. The van der Waals surface area contributed by atoms with Crippen LogP contribution in [0.5, 0.6) is 0 Å². The number of hydrogen-bond donors (Lipinski definition) is 1. The molecule has 0 fully saturated rings. The molecule has 1 rings (SSSR count). The highest BCUT2D eigenvalue weighted by atomic mass is 16.5. The normalized spacial score (nSPS) is 9.00. The second-order valence-electron chi connectivity index (χ2n) is 1.25. The second kappa shape index (κ2) is 1.65. The summed E-state index contributed by atoms with van der Waals surface area (Å²) >= 11 is 0. The number of carbonyl (C=O) groups is 1. The molecule has 0 unspecified atom stereocenters. The molecule has 0 bridgehead atoms. The molecular formula is C4H4N2O2. The van der Waals surface area contributed by atoms with Crippen molar-refractivity contribution in [2.24, 2.45) is 5.73 Å². The fourth-order valence-corrected chi connectivity index (χ4v) is 0.340. The molecule has 0 aliphatic carbocycles. The van der Waals surface area contributed by atoms with Crippen molar-refractivity contribution in [3.8, 4) is 0 Å². The van der Waals surface area contributed by atoms with Gasteiger partial charge < -0.3 is 10.3 Å². The van der Waals surface area contributed by atoms with Gasteiger partial charge in [0, 0.05) is 6.07 Å². The van der Waals surface area contributed by atoms with Gasteiger partial charge in [-0.1, -0.05) is 5.16 Å². The summed E-state index contributed by atoms with van der Waals surface area (Å²) in [6.07, 6.45) is 1.29. The Labute approximate surface area is 45.3 Å². The topological polar surface area (TPSA) is 69.1 Å². The van der Waals surface area contributed by atoms with Crippen molar-refractivity contribution in [1.29, 1.82) is 0 Å². The highest BCUT2D eigenvalue weighted by Gasteiger charge is 1.99. The lowest BCUT2D eigenvalue weighted by Gasteiger charge is -1.77. The van der Waals surface area contributed by atoms with Gasteiger partial charge in [-0.2, -0.15) is 0 Å². The lowest BCUT2D eigenvalue weighted by atomic mass is 10.4. The molecule has 0 spiro atoms. The Kier molecular flexibility index (Phi) is 0.997. The third-order valence-corrected chi connectivity index (χ3v) is 0.690. The summed E-state index contributed by atoms with van der Waals surface area (Å²) in [5, 5.41) is 3.27. The minimum absolute atomic E-state index is 0.157. The fourth-order valence-electron chi connectivity index (χ4n) is 0.340. The Morgan fingerprint density at radius 1 is 1.88 bits per heavy atom. The quantitative estimate of drug-likeness (QED) is 0.545. The first-order valence-corrected chi connectivity index (χ1v) is 2.01. The van der Waals surface area contributed by atoms with Crippen molar-refractivity contribution < 1.29 is 9.32 Å². The molecule has 42 valence electrons. The summed E-state index contributed by atoms with van der Waals surface area (Å²) < 4.78 is 4.32. The summed E-state index contributed by atoms with van der Waals surface area (Å²) in [7, 11) is 0. The fraction of sp³-hybridized carbons (Fsp3) is 0. The van der Waals surface area contributed by atoms with E-state index in [1.807, 2.05) is 0 Å². The summed E-state index contributed by atoms with van der Waals surface area (Å²) in [6.45, 7) is 0. The minimum atomic E-state index is -0.571. The zero-order valence-electron chi connectivity index (χ0n) is 4.00. The first-order chi connectivity index (χ1) is 3.80. The molecule has 1 aromatic rings. The maximum absolute atomic E-state index is 10.2. The summed E-state index contributed by atoms with van der Waals surface area (Å²) in [5.41, 5.74) is 4.95.